The predicted molar refractivity (Wildman–Crippen MR) is 134 cm³/mol. The Labute approximate surface area is 205 Å². The number of aromatic nitrogens is 5. The molecule has 4 rings (SSSR count). The zero-order chi connectivity index (χ0) is 23.4. The van der Waals surface area contributed by atoms with Crippen LogP contribution in [0.5, 0.6) is 0 Å². The monoisotopic (exact) mass is 522 g/mol. The molecule has 0 fully saturated rings. The first-order valence-electron chi connectivity index (χ1n) is 10.5. The van der Waals surface area contributed by atoms with Crippen molar-refractivity contribution in [3.63, 3.8) is 0 Å². The number of amides is 1. The molecule has 1 amide bonds. The average molecular weight is 523 g/mol. The van der Waals surface area contributed by atoms with Crippen LogP contribution in [0.4, 0.5) is 5.69 Å². The van der Waals surface area contributed by atoms with Gasteiger partial charge in [-0.25, -0.2) is 14.6 Å². The minimum absolute atomic E-state index is 0.273. The van der Waals surface area contributed by atoms with Crippen LogP contribution in [-0.4, -0.2) is 30.9 Å². The fourth-order valence-corrected chi connectivity index (χ4v) is 4.51. The van der Waals surface area contributed by atoms with Crippen LogP contribution < -0.4 is 5.32 Å². The summed E-state index contributed by atoms with van der Waals surface area (Å²) in [5.41, 5.74) is 5.48. The summed E-state index contributed by atoms with van der Waals surface area (Å²) in [6.07, 6.45) is 0.942. The van der Waals surface area contributed by atoms with Gasteiger partial charge in [0.25, 0.3) is 5.91 Å². The van der Waals surface area contributed by atoms with Gasteiger partial charge in [-0.1, -0.05) is 52.0 Å². The van der Waals surface area contributed by atoms with Gasteiger partial charge in [0.05, 0.1) is 11.4 Å². The highest BCUT2D eigenvalue weighted by molar-refractivity contribution is 9.10. The topological polar surface area (TPSA) is 85.6 Å². The third-order valence-electron chi connectivity index (χ3n) is 4.97. The number of nitrogens with zero attached hydrogens (tertiary/aromatic N) is 5. The van der Waals surface area contributed by atoms with Crippen molar-refractivity contribution < 1.29 is 4.79 Å². The van der Waals surface area contributed by atoms with Crippen LogP contribution in [0.25, 0.3) is 5.69 Å². The van der Waals surface area contributed by atoms with Gasteiger partial charge in [-0.05, 0) is 68.3 Å². The summed E-state index contributed by atoms with van der Waals surface area (Å²) < 4.78 is 2.65. The zero-order valence-electron chi connectivity index (χ0n) is 18.5. The summed E-state index contributed by atoms with van der Waals surface area (Å²) >= 11 is 4.91. The third-order valence-corrected chi connectivity index (χ3v) is 6.36. The quantitative estimate of drug-likeness (QED) is 0.253. The van der Waals surface area contributed by atoms with Gasteiger partial charge in [0.15, 0.2) is 10.9 Å². The molecule has 2 heterocycles. The van der Waals surface area contributed by atoms with Gasteiger partial charge in [0, 0.05) is 27.3 Å². The second kappa shape index (κ2) is 10.3. The number of anilines is 1. The van der Waals surface area contributed by atoms with Crippen molar-refractivity contribution in [3.8, 4) is 5.69 Å². The van der Waals surface area contributed by atoms with E-state index in [1.807, 2.05) is 68.4 Å². The number of nitrogens with one attached hydrogen (secondary N) is 1. The number of benzene rings is 2. The first kappa shape index (κ1) is 23.1. The molecule has 0 saturated carbocycles. The van der Waals surface area contributed by atoms with Crippen LogP contribution in [0.15, 0.2) is 64.2 Å². The zero-order valence-corrected chi connectivity index (χ0v) is 20.9. The summed E-state index contributed by atoms with van der Waals surface area (Å²) in [6.45, 7) is 5.97. The summed E-state index contributed by atoms with van der Waals surface area (Å²) in [5, 5.41) is 12.1. The highest BCUT2D eigenvalue weighted by Gasteiger charge is 2.22. The van der Waals surface area contributed by atoms with Gasteiger partial charge >= 0.3 is 0 Å². The van der Waals surface area contributed by atoms with Gasteiger partial charge in [-0.3, -0.25) is 4.79 Å². The minimum atomic E-state index is -0.306. The Balaban J connectivity index is 1.65. The van der Waals surface area contributed by atoms with Crippen LogP contribution in [-0.2, 0) is 12.2 Å². The molecule has 0 aliphatic heterocycles. The van der Waals surface area contributed by atoms with Crippen molar-refractivity contribution in [2.24, 2.45) is 0 Å². The van der Waals surface area contributed by atoms with E-state index in [1.165, 1.54) is 17.3 Å². The van der Waals surface area contributed by atoms with Crippen LogP contribution in [0.3, 0.4) is 0 Å². The maximum absolute atomic E-state index is 13.1. The van der Waals surface area contributed by atoms with Gasteiger partial charge < -0.3 is 5.32 Å². The number of hydrogen-bond donors (Lipinski definition) is 1. The van der Waals surface area contributed by atoms with E-state index in [2.05, 4.69) is 48.5 Å². The van der Waals surface area contributed by atoms with Crippen molar-refractivity contribution in [3.05, 3.63) is 87.4 Å². The number of carbonyl (C=O) groups excluding carboxylic acids is 1. The maximum Gasteiger partial charge on any atom is 0.278 e. The Hall–Kier alpha value is -3.04. The fourth-order valence-electron chi connectivity index (χ4n) is 3.30. The van der Waals surface area contributed by atoms with Gasteiger partial charge in [0.1, 0.15) is 0 Å². The molecule has 0 atom stereocenters. The normalized spacial score (nSPS) is 10.9. The molecule has 4 aromatic rings. The molecule has 0 unspecified atom stereocenters. The van der Waals surface area contributed by atoms with E-state index >= 15 is 0 Å². The molecular formula is C24H23BrN6OS. The van der Waals surface area contributed by atoms with Crippen molar-refractivity contribution in [1.82, 2.24) is 25.0 Å². The highest BCUT2D eigenvalue weighted by Crippen LogP contribution is 2.25. The third kappa shape index (κ3) is 5.66. The maximum atomic E-state index is 13.1. The summed E-state index contributed by atoms with van der Waals surface area (Å²) in [7, 11) is 0. The van der Waals surface area contributed by atoms with Gasteiger partial charge in [-0.2, -0.15) is 0 Å². The molecule has 2 aromatic carbocycles. The molecule has 0 saturated heterocycles. The SMILES string of the molecule is CCc1ccc(NC(=O)c2nnn(-c3ccc(Br)cc3)c2CSc2nc(C)cc(C)n2)cc1. The summed E-state index contributed by atoms with van der Waals surface area (Å²) in [4.78, 5) is 22.1. The molecule has 9 heteroatoms. The Kier molecular flexibility index (Phi) is 7.20. The summed E-state index contributed by atoms with van der Waals surface area (Å²) in [6, 6.07) is 17.4. The van der Waals surface area contributed by atoms with Crippen molar-refractivity contribution >= 4 is 39.3 Å². The standard InChI is InChI=1S/C24H23BrN6OS/c1-4-17-5-9-19(10-6-17)28-23(32)22-21(14-33-24-26-15(2)13-16(3)27-24)31(30-29-22)20-11-7-18(25)8-12-20/h5-13H,4,14H2,1-3H3,(H,28,32). The number of thioether (sulfide) groups is 1. The second-order valence-corrected chi connectivity index (χ2v) is 9.36. The number of hydrogen-bond acceptors (Lipinski definition) is 6. The van der Waals surface area contributed by atoms with Crippen LogP contribution in [0.1, 0.15) is 40.1 Å². The number of rotatable bonds is 7. The first-order valence-corrected chi connectivity index (χ1v) is 12.3. The largest absolute Gasteiger partial charge is 0.321 e. The van der Waals surface area contributed by atoms with E-state index in [0.29, 0.717) is 22.3 Å². The highest BCUT2D eigenvalue weighted by atomic mass is 79.9. The van der Waals surface area contributed by atoms with Gasteiger partial charge in [0.2, 0.25) is 0 Å². The smallest absolute Gasteiger partial charge is 0.278 e. The molecule has 7 nitrogen and oxygen atoms in total. The van der Waals surface area contributed by atoms with Crippen LogP contribution in [0.2, 0.25) is 0 Å². The lowest BCUT2D eigenvalue weighted by molar-refractivity contribution is 0.102. The van der Waals surface area contributed by atoms with E-state index < -0.39 is 0 Å². The first-order chi connectivity index (χ1) is 15.9. The molecule has 0 aliphatic carbocycles. The average Bonchev–Trinajstić information content (AvgIpc) is 3.22. The Morgan fingerprint density at radius 1 is 1.03 bits per heavy atom. The molecule has 0 bridgehead atoms. The fraction of sp³-hybridized carbons (Fsp3) is 0.208. The number of halogens is 1. The number of carbonyl (C=O) groups is 1. The van der Waals surface area contributed by atoms with E-state index in [9.17, 15) is 4.79 Å². The Bertz CT molecular complexity index is 1250. The second-order valence-electron chi connectivity index (χ2n) is 7.50. The molecule has 33 heavy (non-hydrogen) atoms. The Morgan fingerprint density at radius 3 is 2.33 bits per heavy atom. The van der Waals surface area contributed by atoms with Crippen molar-refractivity contribution in [1.29, 1.82) is 0 Å². The minimum Gasteiger partial charge on any atom is -0.321 e. The molecule has 0 radical (unpaired) electrons. The molecule has 1 N–H and O–H groups in total. The van der Waals surface area contributed by atoms with Crippen molar-refractivity contribution in [2.75, 3.05) is 5.32 Å². The van der Waals surface area contributed by atoms with Crippen LogP contribution >= 0.6 is 27.7 Å². The van der Waals surface area contributed by atoms with E-state index in [-0.39, 0.29) is 11.6 Å². The lowest BCUT2D eigenvalue weighted by Crippen LogP contribution is -2.15. The molecular weight excluding hydrogens is 500 g/mol. The van der Waals surface area contributed by atoms with Gasteiger partial charge in [-0.15, -0.1) is 5.10 Å². The number of aryl methyl sites for hydroxylation is 3. The van der Waals surface area contributed by atoms with E-state index in [0.717, 1.165) is 28.0 Å². The summed E-state index contributed by atoms with van der Waals surface area (Å²) in [5.74, 6) is 0.128. The molecule has 0 spiro atoms. The lowest BCUT2D eigenvalue weighted by atomic mass is 10.1. The van der Waals surface area contributed by atoms with E-state index in [4.69, 9.17) is 0 Å². The predicted octanol–water partition coefficient (Wildman–Crippen LogP) is 5.54. The van der Waals surface area contributed by atoms with Crippen molar-refractivity contribution in [2.45, 2.75) is 38.1 Å². The van der Waals surface area contributed by atoms with E-state index in [1.54, 1.807) is 4.68 Å². The van der Waals surface area contributed by atoms with Crippen LogP contribution in [0, 0.1) is 13.8 Å². The Morgan fingerprint density at radius 2 is 1.70 bits per heavy atom. The molecule has 0 aliphatic rings. The molecule has 168 valence electrons. The lowest BCUT2D eigenvalue weighted by Gasteiger charge is -2.09. The molecule has 2 aromatic heterocycles.